The molecule has 1 aliphatic heterocycles. The van der Waals surface area contributed by atoms with Crippen LogP contribution in [-0.4, -0.2) is 4.57 Å². The van der Waals surface area contributed by atoms with Crippen LogP contribution in [-0.2, 0) is 12.6 Å². The number of nitrogens with zero attached hydrogens (tertiary/aromatic N) is 2. The minimum absolute atomic E-state index is 0.0123. The second-order valence-corrected chi connectivity index (χ2v) is 6.64. The van der Waals surface area contributed by atoms with E-state index in [4.69, 9.17) is 0 Å². The van der Waals surface area contributed by atoms with Crippen molar-refractivity contribution in [1.82, 2.24) is 4.57 Å². The molecular weight excluding hydrogens is 256 g/mol. The lowest BCUT2D eigenvalue weighted by atomic mass is 9.88. The Hall–Kier alpha value is -2.09. The predicted octanol–water partition coefficient (Wildman–Crippen LogP) is 3.85. The standard InChI is InChI=1S/C19H21N2/c1-12-18-16-11-10-14-8-6-7-9-15(14)17(16)19(3,4)21(18)13(2)20(12)5/h6-11H,1-5H3/q+1. The molecule has 0 spiro atoms. The van der Waals surface area contributed by atoms with Gasteiger partial charge in [-0.15, -0.1) is 0 Å². The second kappa shape index (κ2) is 3.76. The Balaban J connectivity index is 2.22. The molecule has 0 saturated carbocycles. The number of imidazole rings is 1. The molecule has 106 valence electrons. The Bertz CT molecular complexity index is 898. The molecule has 0 unspecified atom stereocenters. The zero-order valence-electron chi connectivity index (χ0n) is 13.4. The molecule has 21 heavy (non-hydrogen) atoms. The Morgan fingerprint density at radius 3 is 2.48 bits per heavy atom. The summed E-state index contributed by atoms with van der Waals surface area (Å²) in [5, 5.41) is 2.71. The molecule has 3 aromatic rings. The zero-order chi connectivity index (χ0) is 14.9. The number of hydrogen-bond donors (Lipinski definition) is 0. The highest BCUT2D eigenvalue weighted by Gasteiger charge is 2.46. The summed E-state index contributed by atoms with van der Waals surface area (Å²) >= 11 is 0. The van der Waals surface area contributed by atoms with E-state index in [1.165, 1.54) is 39.1 Å². The van der Waals surface area contributed by atoms with E-state index in [1.807, 2.05) is 0 Å². The summed E-state index contributed by atoms with van der Waals surface area (Å²) in [6.07, 6.45) is 0. The zero-order valence-corrected chi connectivity index (χ0v) is 13.4. The summed E-state index contributed by atoms with van der Waals surface area (Å²) in [6.45, 7) is 9.11. The SMILES string of the molecule is Cc1c2[n+](c(C)n1C)C(C)(C)c1c-2ccc2ccccc12. The molecule has 0 atom stereocenters. The normalized spacial score (nSPS) is 15.3. The summed E-state index contributed by atoms with van der Waals surface area (Å²) in [5.74, 6) is 1.31. The van der Waals surface area contributed by atoms with Crippen molar-refractivity contribution in [1.29, 1.82) is 0 Å². The fourth-order valence-electron chi connectivity index (χ4n) is 4.11. The number of rotatable bonds is 0. The van der Waals surface area contributed by atoms with Gasteiger partial charge in [-0.05, 0) is 30.7 Å². The predicted molar refractivity (Wildman–Crippen MR) is 86.4 cm³/mol. The van der Waals surface area contributed by atoms with Crippen LogP contribution in [0.1, 0.15) is 30.9 Å². The summed E-state index contributed by atoms with van der Waals surface area (Å²) < 4.78 is 4.80. The molecule has 2 heterocycles. The third kappa shape index (κ3) is 1.35. The molecule has 0 bridgehead atoms. The van der Waals surface area contributed by atoms with Gasteiger partial charge in [0.2, 0.25) is 0 Å². The molecule has 0 saturated heterocycles. The van der Waals surface area contributed by atoms with Gasteiger partial charge in [0.05, 0.1) is 7.05 Å². The number of benzene rings is 2. The van der Waals surface area contributed by atoms with Crippen molar-refractivity contribution in [3.05, 3.63) is 53.5 Å². The second-order valence-electron chi connectivity index (χ2n) is 6.64. The third-order valence-electron chi connectivity index (χ3n) is 5.23. The molecule has 0 fully saturated rings. The van der Waals surface area contributed by atoms with Crippen LogP contribution in [0.4, 0.5) is 0 Å². The molecule has 1 aromatic heterocycles. The first-order valence-corrected chi connectivity index (χ1v) is 7.55. The molecule has 0 amide bonds. The molecule has 1 aliphatic rings. The van der Waals surface area contributed by atoms with Gasteiger partial charge in [0.1, 0.15) is 11.2 Å². The minimum atomic E-state index is -0.0123. The molecule has 2 nitrogen and oxygen atoms in total. The van der Waals surface area contributed by atoms with Gasteiger partial charge in [-0.2, -0.15) is 0 Å². The van der Waals surface area contributed by atoms with E-state index >= 15 is 0 Å². The maximum atomic E-state index is 2.50. The smallest absolute Gasteiger partial charge is 0.234 e. The highest BCUT2D eigenvalue weighted by atomic mass is 15.2. The molecular formula is C19H21N2+. The number of hydrogen-bond acceptors (Lipinski definition) is 0. The minimum Gasteiger partial charge on any atom is -0.234 e. The fourth-order valence-corrected chi connectivity index (χ4v) is 4.11. The van der Waals surface area contributed by atoms with E-state index in [0.717, 1.165) is 0 Å². The molecule has 4 rings (SSSR count). The van der Waals surface area contributed by atoms with E-state index in [1.54, 1.807) is 0 Å². The summed E-state index contributed by atoms with van der Waals surface area (Å²) in [4.78, 5) is 0. The number of aromatic nitrogens is 2. The molecule has 0 aliphatic carbocycles. The van der Waals surface area contributed by atoms with Crippen LogP contribution < -0.4 is 4.57 Å². The van der Waals surface area contributed by atoms with Gasteiger partial charge in [0.15, 0.2) is 5.69 Å². The van der Waals surface area contributed by atoms with E-state index in [0.29, 0.717) is 0 Å². The van der Waals surface area contributed by atoms with Crippen molar-refractivity contribution in [2.24, 2.45) is 7.05 Å². The van der Waals surface area contributed by atoms with Crippen LogP contribution in [0, 0.1) is 13.8 Å². The van der Waals surface area contributed by atoms with Gasteiger partial charge in [0.25, 0.3) is 5.82 Å². The van der Waals surface area contributed by atoms with Crippen LogP contribution >= 0.6 is 0 Å². The van der Waals surface area contributed by atoms with E-state index in [9.17, 15) is 0 Å². The molecule has 2 aromatic carbocycles. The van der Waals surface area contributed by atoms with E-state index in [-0.39, 0.29) is 5.54 Å². The van der Waals surface area contributed by atoms with Crippen LogP contribution in [0.15, 0.2) is 36.4 Å². The third-order valence-corrected chi connectivity index (χ3v) is 5.23. The highest BCUT2D eigenvalue weighted by molar-refractivity contribution is 5.93. The first-order valence-electron chi connectivity index (χ1n) is 7.55. The van der Waals surface area contributed by atoms with Gasteiger partial charge in [0, 0.05) is 25.0 Å². The monoisotopic (exact) mass is 277 g/mol. The van der Waals surface area contributed by atoms with Gasteiger partial charge >= 0.3 is 0 Å². The first kappa shape index (κ1) is 12.6. The van der Waals surface area contributed by atoms with Gasteiger partial charge in [-0.25, -0.2) is 9.13 Å². The van der Waals surface area contributed by atoms with Gasteiger partial charge in [-0.1, -0.05) is 30.3 Å². The Morgan fingerprint density at radius 1 is 1.00 bits per heavy atom. The lowest BCUT2D eigenvalue weighted by Crippen LogP contribution is -2.52. The molecule has 0 N–H and O–H groups in total. The van der Waals surface area contributed by atoms with E-state index in [2.05, 4.69) is 80.3 Å². The van der Waals surface area contributed by atoms with Crippen molar-refractivity contribution in [3.63, 3.8) is 0 Å². The van der Waals surface area contributed by atoms with Gasteiger partial charge < -0.3 is 0 Å². The fraction of sp³-hybridized carbons (Fsp3) is 0.316. The first-order chi connectivity index (χ1) is 9.94. The van der Waals surface area contributed by atoms with Crippen molar-refractivity contribution in [3.8, 4) is 11.3 Å². The summed E-state index contributed by atoms with van der Waals surface area (Å²) in [7, 11) is 2.16. The Morgan fingerprint density at radius 2 is 1.71 bits per heavy atom. The molecule has 2 heteroatoms. The van der Waals surface area contributed by atoms with Crippen LogP contribution in [0.2, 0.25) is 0 Å². The van der Waals surface area contributed by atoms with Crippen molar-refractivity contribution < 1.29 is 4.57 Å². The molecule has 0 radical (unpaired) electrons. The largest absolute Gasteiger partial charge is 0.254 e. The lowest BCUT2D eigenvalue weighted by Gasteiger charge is -2.20. The maximum Gasteiger partial charge on any atom is 0.254 e. The Kier molecular flexibility index (Phi) is 2.26. The quantitative estimate of drug-likeness (QED) is 0.552. The van der Waals surface area contributed by atoms with Crippen molar-refractivity contribution in [2.45, 2.75) is 33.2 Å². The van der Waals surface area contributed by atoms with Crippen molar-refractivity contribution in [2.75, 3.05) is 0 Å². The average molecular weight is 277 g/mol. The van der Waals surface area contributed by atoms with Crippen molar-refractivity contribution >= 4 is 10.8 Å². The Labute approximate surface area is 125 Å². The number of fused-ring (bicyclic) bond motifs is 5. The van der Waals surface area contributed by atoms with E-state index < -0.39 is 0 Å². The lowest BCUT2D eigenvalue weighted by molar-refractivity contribution is -0.736. The summed E-state index contributed by atoms with van der Waals surface area (Å²) in [6, 6.07) is 13.3. The van der Waals surface area contributed by atoms with Crippen LogP contribution in [0.5, 0.6) is 0 Å². The highest BCUT2D eigenvalue weighted by Crippen LogP contribution is 2.43. The van der Waals surface area contributed by atoms with Crippen LogP contribution in [0.25, 0.3) is 22.0 Å². The van der Waals surface area contributed by atoms with Gasteiger partial charge in [-0.3, -0.25) is 0 Å². The average Bonchev–Trinajstić information content (AvgIpc) is 2.85. The topological polar surface area (TPSA) is 8.81 Å². The van der Waals surface area contributed by atoms with Crippen LogP contribution in [0.3, 0.4) is 0 Å². The maximum absolute atomic E-state index is 2.50. The summed E-state index contributed by atoms with van der Waals surface area (Å²) in [5.41, 5.74) is 5.56.